The van der Waals surface area contributed by atoms with Crippen LogP contribution in [-0.4, -0.2) is 34.7 Å². The van der Waals surface area contributed by atoms with Gasteiger partial charge >= 0.3 is 0 Å². The topological polar surface area (TPSA) is 23.5 Å². The van der Waals surface area contributed by atoms with Crippen LogP contribution < -0.4 is 0 Å². The zero-order valence-corrected chi connectivity index (χ0v) is 12.7. The van der Waals surface area contributed by atoms with E-state index in [2.05, 4.69) is 18.7 Å². The minimum Gasteiger partial charge on any atom is -0.393 e. The molecule has 0 spiro atoms. The Hall–Kier alpha value is -0.0800. The van der Waals surface area contributed by atoms with Gasteiger partial charge in [-0.05, 0) is 63.3 Å². The van der Waals surface area contributed by atoms with E-state index in [1.54, 1.807) is 0 Å². The molecule has 6 unspecified atom stereocenters. The van der Waals surface area contributed by atoms with Gasteiger partial charge in [-0.15, -0.1) is 0 Å². The maximum absolute atomic E-state index is 10.2. The first-order valence-corrected chi connectivity index (χ1v) is 8.60. The standard InChI is InChI=1S/C17H31NO/c1-12-8-9-14(11-13(12)2)18-10-4-6-16(18)15-5-3-7-17(15)19/h12-17,19H,3-11H2,1-2H3. The highest BCUT2D eigenvalue weighted by Gasteiger charge is 2.41. The Morgan fingerprint density at radius 1 is 0.895 bits per heavy atom. The van der Waals surface area contributed by atoms with Crippen LogP contribution >= 0.6 is 0 Å². The molecule has 1 saturated heterocycles. The molecule has 110 valence electrons. The molecule has 2 aliphatic carbocycles. The third-order valence-electron chi connectivity index (χ3n) is 6.41. The quantitative estimate of drug-likeness (QED) is 0.827. The molecule has 1 heterocycles. The molecule has 2 heteroatoms. The number of aliphatic hydroxyl groups is 1. The van der Waals surface area contributed by atoms with Crippen LogP contribution in [0.4, 0.5) is 0 Å². The highest BCUT2D eigenvalue weighted by Crippen LogP contribution is 2.40. The normalized spacial score (nSPS) is 48.8. The predicted octanol–water partition coefficient (Wildman–Crippen LogP) is 3.44. The van der Waals surface area contributed by atoms with Crippen molar-refractivity contribution in [3.63, 3.8) is 0 Å². The fourth-order valence-electron chi connectivity index (χ4n) is 4.97. The lowest BCUT2D eigenvalue weighted by atomic mass is 9.78. The number of aliphatic hydroxyl groups excluding tert-OH is 1. The summed E-state index contributed by atoms with van der Waals surface area (Å²) in [6.45, 7) is 6.15. The van der Waals surface area contributed by atoms with Gasteiger partial charge in [-0.2, -0.15) is 0 Å². The molecule has 6 atom stereocenters. The molecule has 2 nitrogen and oxygen atoms in total. The minimum atomic E-state index is -0.00876. The molecule has 3 fully saturated rings. The van der Waals surface area contributed by atoms with E-state index in [9.17, 15) is 5.11 Å². The van der Waals surface area contributed by atoms with E-state index in [-0.39, 0.29) is 6.10 Å². The predicted molar refractivity (Wildman–Crippen MR) is 79.0 cm³/mol. The second-order valence-corrected chi connectivity index (χ2v) is 7.53. The van der Waals surface area contributed by atoms with Crippen molar-refractivity contribution in [3.8, 4) is 0 Å². The molecule has 0 amide bonds. The maximum atomic E-state index is 10.2. The van der Waals surface area contributed by atoms with E-state index >= 15 is 0 Å². The molecule has 0 radical (unpaired) electrons. The van der Waals surface area contributed by atoms with Gasteiger partial charge in [-0.3, -0.25) is 4.90 Å². The number of rotatable bonds is 2. The van der Waals surface area contributed by atoms with Gasteiger partial charge in [0.05, 0.1) is 6.10 Å². The highest BCUT2D eigenvalue weighted by molar-refractivity contribution is 4.95. The molecule has 19 heavy (non-hydrogen) atoms. The van der Waals surface area contributed by atoms with Crippen molar-refractivity contribution in [2.75, 3.05) is 6.54 Å². The monoisotopic (exact) mass is 265 g/mol. The molecule has 3 rings (SSSR count). The summed E-state index contributed by atoms with van der Waals surface area (Å²) < 4.78 is 0. The summed E-state index contributed by atoms with van der Waals surface area (Å²) in [6, 6.07) is 1.51. The van der Waals surface area contributed by atoms with Crippen LogP contribution in [0.2, 0.25) is 0 Å². The lowest BCUT2D eigenvalue weighted by molar-refractivity contribution is 0.0340. The van der Waals surface area contributed by atoms with Gasteiger partial charge < -0.3 is 5.11 Å². The summed E-state index contributed by atoms with van der Waals surface area (Å²) in [5.74, 6) is 2.38. The van der Waals surface area contributed by atoms with E-state index in [4.69, 9.17) is 0 Å². The average molecular weight is 265 g/mol. The second kappa shape index (κ2) is 5.73. The number of likely N-dealkylation sites (tertiary alicyclic amines) is 1. The largest absolute Gasteiger partial charge is 0.393 e. The number of hydrogen-bond donors (Lipinski definition) is 1. The van der Waals surface area contributed by atoms with Crippen LogP contribution in [-0.2, 0) is 0 Å². The van der Waals surface area contributed by atoms with Crippen LogP contribution in [0.15, 0.2) is 0 Å². The fourth-order valence-corrected chi connectivity index (χ4v) is 4.97. The van der Waals surface area contributed by atoms with Gasteiger partial charge in [-0.1, -0.05) is 20.3 Å². The van der Waals surface area contributed by atoms with Crippen LogP contribution in [0, 0.1) is 17.8 Å². The first kappa shape index (κ1) is 13.9. The molecule has 1 aliphatic heterocycles. The van der Waals surface area contributed by atoms with Crippen molar-refractivity contribution in [1.29, 1.82) is 0 Å². The van der Waals surface area contributed by atoms with Gasteiger partial charge in [0.1, 0.15) is 0 Å². The molecule has 1 N–H and O–H groups in total. The van der Waals surface area contributed by atoms with Crippen molar-refractivity contribution in [2.45, 2.75) is 83.4 Å². The van der Waals surface area contributed by atoms with Crippen LogP contribution in [0.3, 0.4) is 0 Å². The van der Waals surface area contributed by atoms with Crippen molar-refractivity contribution < 1.29 is 5.11 Å². The molecular formula is C17H31NO. The van der Waals surface area contributed by atoms with Gasteiger partial charge in [-0.25, -0.2) is 0 Å². The number of nitrogens with zero attached hydrogens (tertiary/aromatic N) is 1. The number of hydrogen-bond acceptors (Lipinski definition) is 2. The van der Waals surface area contributed by atoms with Crippen LogP contribution in [0.5, 0.6) is 0 Å². The Morgan fingerprint density at radius 2 is 1.74 bits per heavy atom. The summed E-state index contributed by atoms with van der Waals surface area (Å²) in [6.07, 6.45) is 10.4. The first-order valence-electron chi connectivity index (χ1n) is 8.60. The Labute approximate surface area is 118 Å². The zero-order chi connectivity index (χ0) is 13.4. The summed E-state index contributed by atoms with van der Waals surface area (Å²) >= 11 is 0. The summed E-state index contributed by atoms with van der Waals surface area (Å²) in [4.78, 5) is 2.81. The molecular weight excluding hydrogens is 234 g/mol. The molecule has 0 aromatic heterocycles. The van der Waals surface area contributed by atoms with E-state index in [0.29, 0.717) is 12.0 Å². The van der Waals surface area contributed by atoms with E-state index < -0.39 is 0 Å². The van der Waals surface area contributed by atoms with Gasteiger partial charge in [0, 0.05) is 18.0 Å². The fraction of sp³-hybridized carbons (Fsp3) is 1.00. The Bertz CT molecular complexity index is 306. The van der Waals surface area contributed by atoms with Crippen molar-refractivity contribution in [2.24, 2.45) is 17.8 Å². The third-order valence-corrected chi connectivity index (χ3v) is 6.41. The summed E-state index contributed by atoms with van der Waals surface area (Å²) in [7, 11) is 0. The summed E-state index contributed by atoms with van der Waals surface area (Å²) in [5.41, 5.74) is 0. The molecule has 3 aliphatic rings. The maximum Gasteiger partial charge on any atom is 0.0583 e. The lowest BCUT2D eigenvalue weighted by Crippen LogP contribution is -2.47. The van der Waals surface area contributed by atoms with E-state index in [0.717, 1.165) is 24.3 Å². The van der Waals surface area contributed by atoms with Crippen molar-refractivity contribution >= 4 is 0 Å². The van der Waals surface area contributed by atoms with E-state index in [1.165, 1.54) is 51.5 Å². The van der Waals surface area contributed by atoms with Crippen LogP contribution in [0.25, 0.3) is 0 Å². The van der Waals surface area contributed by atoms with Gasteiger partial charge in [0.15, 0.2) is 0 Å². The Balaban J connectivity index is 1.66. The summed E-state index contributed by atoms with van der Waals surface area (Å²) in [5, 5.41) is 10.2. The lowest BCUT2D eigenvalue weighted by Gasteiger charge is -2.42. The molecule has 0 aromatic carbocycles. The third kappa shape index (κ3) is 2.71. The molecule has 0 aromatic rings. The first-order chi connectivity index (χ1) is 9.16. The molecule has 0 bridgehead atoms. The molecule has 2 saturated carbocycles. The Kier molecular flexibility index (Phi) is 4.19. The van der Waals surface area contributed by atoms with Crippen molar-refractivity contribution in [1.82, 2.24) is 4.90 Å². The minimum absolute atomic E-state index is 0.00876. The average Bonchev–Trinajstić information content (AvgIpc) is 3.00. The van der Waals surface area contributed by atoms with E-state index in [1.807, 2.05) is 0 Å². The highest BCUT2D eigenvalue weighted by atomic mass is 16.3. The van der Waals surface area contributed by atoms with Gasteiger partial charge in [0.2, 0.25) is 0 Å². The zero-order valence-electron chi connectivity index (χ0n) is 12.7. The Morgan fingerprint density at radius 3 is 2.42 bits per heavy atom. The van der Waals surface area contributed by atoms with Crippen molar-refractivity contribution in [3.05, 3.63) is 0 Å². The van der Waals surface area contributed by atoms with Gasteiger partial charge in [0.25, 0.3) is 0 Å². The van der Waals surface area contributed by atoms with Crippen LogP contribution in [0.1, 0.15) is 65.2 Å². The SMILES string of the molecule is CC1CCC(N2CCCC2C2CCCC2O)CC1C. The smallest absolute Gasteiger partial charge is 0.0583 e. The second-order valence-electron chi connectivity index (χ2n) is 7.53.